The second-order valence-electron chi connectivity index (χ2n) is 6.59. The topological polar surface area (TPSA) is 86.3 Å². The van der Waals surface area contributed by atoms with Gasteiger partial charge in [0.1, 0.15) is 5.82 Å². The van der Waals surface area contributed by atoms with Gasteiger partial charge in [0, 0.05) is 37.5 Å². The number of nitrogens with zero attached hydrogens (tertiary/aromatic N) is 4. The van der Waals surface area contributed by atoms with Crippen LogP contribution in [-0.4, -0.2) is 57.8 Å². The first-order valence-corrected chi connectivity index (χ1v) is 8.59. The molecular weight excluding hydrogens is 304 g/mol. The molecule has 1 amide bonds. The van der Waals surface area contributed by atoms with Gasteiger partial charge in [0.15, 0.2) is 5.65 Å². The maximum absolute atomic E-state index is 12.5. The molecule has 0 aromatic carbocycles. The van der Waals surface area contributed by atoms with Crippen molar-refractivity contribution in [2.45, 2.75) is 38.1 Å². The highest BCUT2D eigenvalue weighted by Crippen LogP contribution is 2.39. The van der Waals surface area contributed by atoms with E-state index in [0.29, 0.717) is 29.7 Å². The van der Waals surface area contributed by atoms with E-state index >= 15 is 0 Å². The SMILES string of the molecule is CC1C=NCN1CCCNC(=O)c1ccnc2nc(C3CC3)[nH]c12. The Hall–Kier alpha value is -2.28. The number of rotatable bonds is 6. The van der Waals surface area contributed by atoms with E-state index in [1.807, 2.05) is 6.21 Å². The molecule has 3 heterocycles. The van der Waals surface area contributed by atoms with Crippen LogP contribution in [0.3, 0.4) is 0 Å². The number of imidazole rings is 1. The van der Waals surface area contributed by atoms with Gasteiger partial charge in [-0.1, -0.05) is 0 Å². The van der Waals surface area contributed by atoms with E-state index in [1.165, 1.54) is 12.8 Å². The van der Waals surface area contributed by atoms with Crippen LogP contribution in [0.15, 0.2) is 17.3 Å². The molecule has 24 heavy (non-hydrogen) atoms. The van der Waals surface area contributed by atoms with Crippen molar-refractivity contribution < 1.29 is 4.79 Å². The first kappa shape index (κ1) is 15.3. The lowest BCUT2D eigenvalue weighted by molar-refractivity contribution is 0.0953. The summed E-state index contributed by atoms with van der Waals surface area (Å²) in [5.41, 5.74) is 2.00. The third-order valence-corrected chi connectivity index (χ3v) is 4.69. The summed E-state index contributed by atoms with van der Waals surface area (Å²) in [6.45, 7) is 4.48. The van der Waals surface area contributed by atoms with Crippen LogP contribution in [0.1, 0.15) is 48.3 Å². The number of aliphatic imine (C=N–C) groups is 1. The van der Waals surface area contributed by atoms with E-state index in [2.05, 4.69) is 37.1 Å². The molecule has 0 radical (unpaired) electrons. The minimum atomic E-state index is -0.0703. The lowest BCUT2D eigenvalue weighted by Crippen LogP contribution is -2.33. The number of carbonyl (C=O) groups is 1. The van der Waals surface area contributed by atoms with Crippen LogP contribution in [0.4, 0.5) is 0 Å². The van der Waals surface area contributed by atoms with Gasteiger partial charge in [-0.2, -0.15) is 0 Å². The Kier molecular flexibility index (Phi) is 4.02. The number of pyridine rings is 1. The number of amides is 1. The third-order valence-electron chi connectivity index (χ3n) is 4.69. The molecule has 1 unspecified atom stereocenters. The predicted octanol–water partition coefficient (Wildman–Crippen LogP) is 1.69. The zero-order valence-corrected chi connectivity index (χ0v) is 13.8. The number of nitrogens with one attached hydrogen (secondary N) is 2. The summed E-state index contributed by atoms with van der Waals surface area (Å²) in [5, 5.41) is 3.00. The van der Waals surface area contributed by atoms with Crippen molar-refractivity contribution in [3.05, 3.63) is 23.7 Å². The van der Waals surface area contributed by atoms with Crippen molar-refractivity contribution in [2.75, 3.05) is 19.8 Å². The normalized spacial score (nSPS) is 20.8. The van der Waals surface area contributed by atoms with E-state index < -0.39 is 0 Å². The second-order valence-corrected chi connectivity index (χ2v) is 6.59. The van der Waals surface area contributed by atoms with Gasteiger partial charge in [-0.05, 0) is 32.3 Å². The van der Waals surface area contributed by atoms with Crippen LogP contribution in [0.5, 0.6) is 0 Å². The van der Waals surface area contributed by atoms with Crippen molar-refractivity contribution in [3.63, 3.8) is 0 Å². The monoisotopic (exact) mass is 326 g/mol. The molecule has 1 saturated carbocycles. The summed E-state index contributed by atoms with van der Waals surface area (Å²) < 4.78 is 0. The standard InChI is InChI=1S/C17H22N6O/c1-11-9-18-10-23(11)8-2-6-20-17(24)13-5-7-19-16-14(13)21-15(22-16)12-3-4-12/h5,7,9,11-12H,2-4,6,8,10H2,1H3,(H,20,24)(H,19,21,22). The van der Waals surface area contributed by atoms with Crippen LogP contribution in [0.2, 0.25) is 0 Å². The highest BCUT2D eigenvalue weighted by Gasteiger charge is 2.28. The summed E-state index contributed by atoms with van der Waals surface area (Å²) in [7, 11) is 0. The summed E-state index contributed by atoms with van der Waals surface area (Å²) >= 11 is 0. The summed E-state index contributed by atoms with van der Waals surface area (Å²) in [6, 6.07) is 2.15. The molecule has 126 valence electrons. The second kappa shape index (κ2) is 6.32. The molecule has 0 bridgehead atoms. The molecule has 2 aliphatic rings. The maximum Gasteiger partial charge on any atom is 0.253 e. The minimum Gasteiger partial charge on any atom is -0.352 e. The van der Waals surface area contributed by atoms with Crippen molar-refractivity contribution in [2.24, 2.45) is 4.99 Å². The lowest BCUT2D eigenvalue weighted by atomic mass is 10.2. The van der Waals surface area contributed by atoms with Crippen molar-refractivity contribution in [3.8, 4) is 0 Å². The predicted molar refractivity (Wildman–Crippen MR) is 92.3 cm³/mol. The molecule has 7 nitrogen and oxygen atoms in total. The Labute approximate surface area is 140 Å². The molecule has 0 spiro atoms. The largest absolute Gasteiger partial charge is 0.352 e. The Morgan fingerprint density at radius 3 is 3.08 bits per heavy atom. The average Bonchev–Trinajstić information content (AvgIpc) is 3.22. The molecule has 1 atom stereocenters. The first-order chi connectivity index (χ1) is 11.7. The highest BCUT2D eigenvalue weighted by atomic mass is 16.1. The Bertz CT molecular complexity index is 778. The highest BCUT2D eigenvalue weighted by molar-refractivity contribution is 6.04. The number of hydrogen-bond acceptors (Lipinski definition) is 5. The summed E-state index contributed by atoms with van der Waals surface area (Å²) in [5.74, 6) is 1.40. The fourth-order valence-electron chi connectivity index (χ4n) is 3.05. The molecule has 1 aliphatic heterocycles. The van der Waals surface area contributed by atoms with Crippen LogP contribution in [0.25, 0.3) is 11.2 Å². The minimum absolute atomic E-state index is 0.0703. The number of aromatic nitrogens is 3. The molecule has 4 rings (SSSR count). The van der Waals surface area contributed by atoms with Crippen LogP contribution < -0.4 is 5.32 Å². The number of fused-ring (bicyclic) bond motifs is 1. The van der Waals surface area contributed by atoms with E-state index in [4.69, 9.17) is 0 Å². The van der Waals surface area contributed by atoms with Gasteiger partial charge >= 0.3 is 0 Å². The summed E-state index contributed by atoms with van der Waals surface area (Å²) in [4.78, 5) is 31.1. The zero-order valence-electron chi connectivity index (χ0n) is 13.8. The van der Waals surface area contributed by atoms with Crippen LogP contribution in [-0.2, 0) is 0 Å². The number of H-pyrrole nitrogens is 1. The van der Waals surface area contributed by atoms with Gasteiger partial charge in [-0.3, -0.25) is 14.7 Å². The van der Waals surface area contributed by atoms with Crippen molar-refractivity contribution in [1.82, 2.24) is 25.2 Å². The van der Waals surface area contributed by atoms with Gasteiger partial charge < -0.3 is 10.3 Å². The van der Waals surface area contributed by atoms with Crippen molar-refractivity contribution >= 4 is 23.3 Å². The fraction of sp³-hybridized carbons (Fsp3) is 0.529. The van der Waals surface area contributed by atoms with Gasteiger partial charge in [0.05, 0.1) is 17.7 Å². The maximum atomic E-state index is 12.5. The van der Waals surface area contributed by atoms with Crippen LogP contribution >= 0.6 is 0 Å². The Morgan fingerprint density at radius 1 is 1.46 bits per heavy atom. The van der Waals surface area contributed by atoms with E-state index in [-0.39, 0.29) is 5.91 Å². The van der Waals surface area contributed by atoms with E-state index in [0.717, 1.165) is 31.0 Å². The molecule has 1 aliphatic carbocycles. The quantitative estimate of drug-likeness (QED) is 0.791. The lowest BCUT2D eigenvalue weighted by Gasteiger charge is -2.19. The average molecular weight is 326 g/mol. The molecule has 2 aromatic rings. The van der Waals surface area contributed by atoms with E-state index in [1.54, 1.807) is 12.3 Å². The summed E-state index contributed by atoms with van der Waals surface area (Å²) in [6.07, 6.45) is 6.87. The van der Waals surface area contributed by atoms with Gasteiger partial charge in [-0.25, -0.2) is 9.97 Å². The Balaban J connectivity index is 1.36. The molecule has 2 N–H and O–H groups in total. The zero-order chi connectivity index (χ0) is 16.5. The number of carbonyl (C=O) groups excluding carboxylic acids is 1. The smallest absolute Gasteiger partial charge is 0.253 e. The molecule has 7 heteroatoms. The Morgan fingerprint density at radius 2 is 2.33 bits per heavy atom. The van der Waals surface area contributed by atoms with Gasteiger partial charge in [-0.15, -0.1) is 0 Å². The molecule has 0 saturated heterocycles. The van der Waals surface area contributed by atoms with Crippen LogP contribution in [0, 0.1) is 0 Å². The third kappa shape index (κ3) is 3.03. The van der Waals surface area contributed by atoms with Crippen molar-refractivity contribution in [1.29, 1.82) is 0 Å². The number of hydrogen-bond donors (Lipinski definition) is 2. The molecule has 2 aromatic heterocycles. The van der Waals surface area contributed by atoms with Gasteiger partial charge in [0.2, 0.25) is 0 Å². The fourth-order valence-corrected chi connectivity index (χ4v) is 3.05. The molecular formula is C17H22N6O. The van der Waals surface area contributed by atoms with Gasteiger partial charge in [0.25, 0.3) is 5.91 Å². The first-order valence-electron chi connectivity index (χ1n) is 8.59. The number of aromatic amines is 1. The van der Waals surface area contributed by atoms with E-state index in [9.17, 15) is 4.79 Å². The molecule has 1 fully saturated rings.